The van der Waals surface area contributed by atoms with E-state index in [2.05, 4.69) is 21.2 Å². The summed E-state index contributed by atoms with van der Waals surface area (Å²) < 4.78 is 26.6. The summed E-state index contributed by atoms with van der Waals surface area (Å²) in [5.41, 5.74) is 0.772. The molecule has 0 aromatic heterocycles. The molecule has 1 N–H and O–H groups in total. The number of halogens is 3. The predicted octanol–water partition coefficient (Wildman–Crippen LogP) is 4.46. The predicted molar refractivity (Wildman–Crippen MR) is 136 cm³/mol. The maximum atomic E-state index is 13.5. The number of benzene rings is 2. The van der Waals surface area contributed by atoms with Gasteiger partial charge in [0.2, 0.25) is 21.8 Å². The fourth-order valence-corrected chi connectivity index (χ4v) is 5.08. The van der Waals surface area contributed by atoms with E-state index in [0.29, 0.717) is 25.8 Å². The van der Waals surface area contributed by atoms with Crippen molar-refractivity contribution >= 4 is 66.7 Å². The molecule has 0 heterocycles. The van der Waals surface area contributed by atoms with Crippen LogP contribution in [0.5, 0.6) is 0 Å². The maximum Gasteiger partial charge on any atom is 0.244 e. The minimum absolute atomic E-state index is 0.0718. The number of anilines is 1. The topological polar surface area (TPSA) is 86.8 Å². The third-order valence-corrected chi connectivity index (χ3v) is 7.29. The monoisotopic (exact) mass is 577 g/mol. The van der Waals surface area contributed by atoms with Crippen molar-refractivity contribution in [2.75, 3.05) is 17.1 Å². The zero-order valence-corrected chi connectivity index (χ0v) is 22.6. The van der Waals surface area contributed by atoms with E-state index in [4.69, 9.17) is 23.2 Å². The van der Waals surface area contributed by atoms with E-state index < -0.39 is 28.5 Å². The molecule has 0 bridgehead atoms. The summed E-state index contributed by atoms with van der Waals surface area (Å²) in [6.07, 6.45) is 1.02. The van der Waals surface area contributed by atoms with E-state index in [-0.39, 0.29) is 18.5 Å². The molecule has 2 aromatic carbocycles. The van der Waals surface area contributed by atoms with Crippen molar-refractivity contribution in [3.05, 3.63) is 62.5 Å². The van der Waals surface area contributed by atoms with Gasteiger partial charge >= 0.3 is 0 Å². The summed E-state index contributed by atoms with van der Waals surface area (Å²) in [5.74, 6) is -0.966. The average Bonchev–Trinajstić information content (AvgIpc) is 2.70. The Bertz CT molecular complexity index is 1110. The summed E-state index contributed by atoms with van der Waals surface area (Å²) in [5, 5.41) is 3.45. The van der Waals surface area contributed by atoms with Crippen molar-refractivity contribution in [1.29, 1.82) is 0 Å². The van der Waals surface area contributed by atoms with Crippen LogP contribution < -0.4 is 9.62 Å². The van der Waals surface area contributed by atoms with E-state index in [1.165, 1.54) is 4.90 Å². The Labute approximate surface area is 213 Å². The Balaban J connectivity index is 2.47. The van der Waals surface area contributed by atoms with Gasteiger partial charge in [-0.05, 0) is 61.0 Å². The number of nitrogens with zero attached hydrogens (tertiary/aromatic N) is 2. The van der Waals surface area contributed by atoms with Gasteiger partial charge in [-0.3, -0.25) is 13.9 Å². The lowest BCUT2D eigenvalue weighted by atomic mass is 10.1. The van der Waals surface area contributed by atoms with Gasteiger partial charge in [0.1, 0.15) is 12.6 Å². The molecule has 7 nitrogen and oxygen atoms in total. The van der Waals surface area contributed by atoms with Gasteiger partial charge in [-0.25, -0.2) is 8.42 Å². The Morgan fingerprint density at radius 2 is 1.61 bits per heavy atom. The molecule has 0 spiro atoms. The lowest BCUT2D eigenvalue weighted by Crippen LogP contribution is -2.52. The molecular formula is C22H26BrCl2N3O4S. The number of rotatable bonds is 9. The smallest absolute Gasteiger partial charge is 0.244 e. The first-order chi connectivity index (χ1) is 15.3. The van der Waals surface area contributed by atoms with E-state index in [1.54, 1.807) is 63.2 Å². The highest BCUT2D eigenvalue weighted by Gasteiger charge is 2.31. The van der Waals surface area contributed by atoms with Crippen LogP contribution in [-0.4, -0.2) is 50.0 Å². The number of amides is 2. The Kier molecular flexibility index (Phi) is 9.60. The first kappa shape index (κ1) is 27.4. The van der Waals surface area contributed by atoms with Gasteiger partial charge in [-0.15, -0.1) is 0 Å². The van der Waals surface area contributed by atoms with Crippen LogP contribution in [0.15, 0.2) is 46.9 Å². The molecule has 0 saturated heterocycles. The molecular weight excluding hydrogens is 553 g/mol. The molecule has 0 radical (unpaired) electrons. The fraction of sp³-hybridized carbons (Fsp3) is 0.364. The Hall–Kier alpha value is -1.81. The maximum absolute atomic E-state index is 13.5. The van der Waals surface area contributed by atoms with Crippen molar-refractivity contribution in [2.45, 2.75) is 39.4 Å². The van der Waals surface area contributed by atoms with Gasteiger partial charge in [0.25, 0.3) is 0 Å². The van der Waals surface area contributed by atoms with E-state index >= 15 is 0 Å². The average molecular weight is 579 g/mol. The van der Waals surface area contributed by atoms with E-state index in [1.807, 2.05) is 0 Å². The van der Waals surface area contributed by atoms with Crippen LogP contribution >= 0.6 is 39.1 Å². The van der Waals surface area contributed by atoms with Crippen LogP contribution in [0, 0.1) is 0 Å². The second-order valence-corrected chi connectivity index (χ2v) is 11.4. The third-order valence-electron chi connectivity index (χ3n) is 4.79. The van der Waals surface area contributed by atoms with Crippen LogP contribution in [0.1, 0.15) is 26.3 Å². The van der Waals surface area contributed by atoms with Crippen molar-refractivity contribution in [3.8, 4) is 0 Å². The van der Waals surface area contributed by atoms with E-state index in [0.717, 1.165) is 10.6 Å². The zero-order chi connectivity index (χ0) is 24.9. The third kappa shape index (κ3) is 7.34. The molecule has 33 heavy (non-hydrogen) atoms. The zero-order valence-electron chi connectivity index (χ0n) is 18.7. The lowest BCUT2D eigenvalue weighted by Gasteiger charge is -2.32. The number of carbonyl (C=O) groups excluding carboxylic acids is 2. The van der Waals surface area contributed by atoms with Gasteiger partial charge in [0, 0.05) is 32.7 Å². The number of nitrogens with one attached hydrogen (secondary N) is 1. The summed E-state index contributed by atoms with van der Waals surface area (Å²) >= 11 is 16.0. The van der Waals surface area contributed by atoms with Crippen LogP contribution in [0.25, 0.3) is 0 Å². The van der Waals surface area contributed by atoms with Crippen LogP contribution in [0.2, 0.25) is 10.0 Å². The molecule has 0 aliphatic carbocycles. The van der Waals surface area contributed by atoms with Crippen molar-refractivity contribution in [3.63, 3.8) is 0 Å². The molecule has 0 saturated carbocycles. The quantitative estimate of drug-likeness (QED) is 0.476. The Morgan fingerprint density at radius 1 is 1.03 bits per heavy atom. The van der Waals surface area contributed by atoms with E-state index in [9.17, 15) is 18.0 Å². The lowest BCUT2D eigenvalue weighted by molar-refractivity contribution is -0.139. The Morgan fingerprint density at radius 3 is 2.12 bits per heavy atom. The van der Waals surface area contributed by atoms with Crippen LogP contribution in [0.3, 0.4) is 0 Å². The number of hydrogen-bond acceptors (Lipinski definition) is 4. The molecule has 1 atom stereocenters. The van der Waals surface area contributed by atoms with Gasteiger partial charge < -0.3 is 10.2 Å². The summed E-state index contributed by atoms with van der Waals surface area (Å²) in [7, 11) is -3.82. The molecule has 2 rings (SSSR count). The summed E-state index contributed by atoms with van der Waals surface area (Å²) in [4.78, 5) is 27.5. The second kappa shape index (κ2) is 11.6. The van der Waals surface area contributed by atoms with Crippen LogP contribution in [0.4, 0.5) is 5.69 Å². The SMILES string of the molecule is CC(C)NC(=O)C(C)N(Cc1c(Cl)cccc1Cl)C(=O)CN(c1ccccc1Br)S(C)(=O)=O. The molecule has 0 aliphatic rings. The standard InChI is InChI=1S/C22H26BrCl2N3O4S/c1-14(2)26-22(30)15(3)27(12-16-18(24)9-7-10-19(16)25)21(29)13-28(33(4,31)32)20-11-6-5-8-17(20)23/h5-11,14-15H,12-13H2,1-4H3,(H,26,30). The largest absolute Gasteiger partial charge is 0.352 e. The minimum Gasteiger partial charge on any atom is -0.352 e. The highest BCUT2D eigenvalue weighted by molar-refractivity contribution is 9.10. The molecule has 0 aliphatic heterocycles. The highest BCUT2D eigenvalue weighted by atomic mass is 79.9. The molecule has 180 valence electrons. The molecule has 11 heteroatoms. The van der Waals surface area contributed by atoms with Crippen molar-refractivity contribution < 1.29 is 18.0 Å². The van der Waals surface area contributed by atoms with Crippen LogP contribution in [-0.2, 0) is 26.2 Å². The molecule has 2 amide bonds. The highest BCUT2D eigenvalue weighted by Crippen LogP contribution is 2.29. The number of carbonyl (C=O) groups is 2. The first-order valence-corrected chi connectivity index (χ1v) is 13.5. The van der Waals surface area contributed by atoms with Gasteiger partial charge in [0.15, 0.2) is 0 Å². The second-order valence-electron chi connectivity index (χ2n) is 7.78. The van der Waals surface area contributed by atoms with Gasteiger partial charge in [-0.2, -0.15) is 0 Å². The summed E-state index contributed by atoms with van der Waals surface area (Å²) in [6.45, 7) is 4.60. The van der Waals surface area contributed by atoms with Gasteiger partial charge in [-0.1, -0.05) is 41.4 Å². The van der Waals surface area contributed by atoms with Crippen molar-refractivity contribution in [2.24, 2.45) is 0 Å². The molecule has 1 unspecified atom stereocenters. The van der Waals surface area contributed by atoms with Gasteiger partial charge in [0.05, 0.1) is 11.9 Å². The minimum atomic E-state index is -3.82. The molecule has 2 aromatic rings. The van der Waals surface area contributed by atoms with Crippen molar-refractivity contribution in [1.82, 2.24) is 10.2 Å². The number of sulfonamides is 1. The first-order valence-electron chi connectivity index (χ1n) is 10.1. The fourth-order valence-electron chi connectivity index (χ4n) is 3.09. The number of para-hydroxylation sites is 1. The molecule has 0 fully saturated rings. The summed E-state index contributed by atoms with van der Waals surface area (Å²) in [6, 6.07) is 10.6. The normalized spacial score (nSPS) is 12.4. The number of hydrogen-bond donors (Lipinski definition) is 1.